The quantitative estimate of drug-likeness (QED) is 0.856. The van der Waals surface area contributed by atoms with Crippen molar-refractivity contribution < 1.29 is 14.7 Å². The lowest BCUT2D eigenvalue weighted by Crippen LogP contribution is -2.50. The smallest absolute Gasteiger partial charge is 0.331 e. The number of aliphatic carboxylic acids is 1. The van der Waals surface area contributed by atoms with E-state index in [9.17, 15) is 14.7 Å². The van der Waals surface area contributed by atoms with Crippen molar-refractivity contribution in [3.63, 3.8) is 0 Å². The predicted molar refractivity (Wildman–Crippen MR) is 83.2 cm³/mol. The van der Waals surface area contributed by atoms with Crippen LogP contribution in [0.25, 0.3) is 0 Å². The zero-order valence-electron chi connectivity index (χ0n) is 12.0. The number of carbonyl (C=O) groups excluding carboxylic acids is 1. The van der Waals surface area contributed by atoms with Crippen molar-refractivity contribution in [2.24, 2.45) is 5.73 Å². The maximum atomic E-state index is 12.5. The van der Waals surface area contributed by atoms with E-state index in [1.165, 1.54) is 4.90 Å². The fraction of sp³-hybridized carbons (Fsp3) is 0.467. The fourth-order valence-corrected chi connectivity index (χ4v) is 3.14. The second-order valence-corrected chi connectivity index (χ2v) is 6.09. The Bertz CT molecular complexity index is 535. The summed E-state index contributed by atoms with van der Waals surface area (Å²) in [6.45, 7) is 0.403. The van der Waals surface area contributed by atoms with Gasteiger partial charge in [0.1, 0.15) is 0 Å². The number of hydrogen-bond donors (Lipinski definition) is 2. The lowest BCUT2D eigenvalue weighted by Gasteiger charge is -2.36. The first-order valence-corrected chi connectivity index (χ1v) is 8.31. The Balaban J connectivity index is 2.24. The van der Waals surface area contributed by atoms with Gasteiger partial charge in [0.15, 0.2) is 6.04 Å². The zero-order valence-corrected chi connectivity index (χ0v) is 12.8. The molecule has 0 aromatic heterocycles. The molecule has 2 atom stereocenters. The summed E-state index contributed by atoms with van der Waals surface area (Å²) in [5, 5.41) is 9.52. The third-order valence-corrected chi connectivity index (χ3v) is 4.39. The molecule has 6 heteroatoms. The van der Waals surface area contributed by atoms with Gasteiger partial charge in [-0.2, -0.15) is 11.8 Å². The van der Waals surface area contributed by atoms with Gasteiger partial charge in [-0.25, -0.2) is 4.79 Å². The van der Waals surface area contributed by atoms with Gasteiger partial charge in [0.25, 0.3) is 0 Å². The van der Waals surface area contributed by atoms with Crippen LogP contribution >= 0.6 is 11.8 Å². The summed E-state index contributed by atoms with van der Waals surface area (Å²) >= 11 is 1.62. The van der Waals surface area contributed by atoms with Crippen LogP contribution in [0.5, 0.6) is 0 Å². The minimum absolute atomic E-state index is 0.272. The maximum absolute atomic E-state index is 12.5. The Labute approximate surface area is 128 Å². The molecule has 21 heavy (non-hydrogen) atoms. The molecule has 1 aromatic carbocycles. The van der Waals surface area contributed by atoms with E-state index in [1.54, 1.807) is 23.9 Å². The molecule has 0 saturated carbocycles. The lowest BCUT2D eigenvalue weighted by atomic mass is 9.92. The molecular weight excluding hydrogens is 288 g/mol. The van der Waals surface area contributed by atoms with Gasteiger partial charge in [-0.3, -0.25) is 4.79 Å². The Kier molecular flexibility index (Phi) is 5.25. The summed E-state index contributed by atoms with van der Waals surface area (Å²) in [6.07, 6.45) is 3.18. The summed E-state index contributed by atoms with van der Waals surface area (Å²) in [4.78, 5) is 25.5. The summed E-state index contributed by atoms with van der Waals surface area (Å²) in [6, 6.07) is 5.82. The number of nitrogens with two attached hydrogens (primary N) is 1. The molecule has 0 saturated heterocycles. The predicted octanol–water partition coefficient (Wildman–Crippen LogP) is 1.28. The fourth-order valence-electron chi connectivity index (χ4n) is 2.65. The molecule has 0 radical (unpaired) electrons. The van der Waals surface area contributed by atoms with Crippen LogP contribution in [0.4, 0.5) is 0 Å². The second-order valence-electron chi connectivity index (χ2n) is 5.11. The number of carbonyl (C=O) groups is 2. The standard InChI is InChI=1S/C15H20N2O3S/c1-21-9-7-12(16)14(18)17-8-6-10-4-2-3-5-11(10)13(17)15(19)20/h2-5,12-13H,6-9,16H2,1H3,(H,19,20)/t12-,13?/m1/s1. The first-order valence-electron chi connectivity index (χ1n) is 6.92. The Hall–Kier alpha value is -1.53. The molecule has 0 aliphatic carbocycles. The molecule has 114 valence electrons. The summed E-state index contributed by atoms with van der Waals surface area (Å²) in [5.41, 5.74) is 7.61. The SMILES string of the molecule is CSCC[C@@H](N)C(=O)N1CCc2ccccc2C1C(=O)O. The van der Waals surface area contributed by atoms with Gasteiger partial charge in [-0.05, 0) is 36.0 Å². The molecule has 1 amide bonds. The monoisotopic (exact) mass is 308 g/mol. The number of thioether (sulfide) groups is 1. The largest absolute Gasteiger partial charge is 0.479 e. The van der Waals surface area contributed by atoms with Crippen molar-refractivity contribution in [1.82, 2.24) is 4.90 Å². The Morgan fingerprint density at radius 3 is 2.86 bits per heavy atom. The molecule has 2 rings (SSSR count). The molecule has 0 bridgehead atoms. The summed E-state index contributed by atoms with van der Waals surface area (Å²) in [5.74, 6) is -0.492. The van der Waals surface area contributed by atoms with Crippen molar-refractivity contribution >= 4 is 23.6 Å². The second kappa shape index (κ2) is 6.95. The maximum Gasteiger partial charge on any atom is 0.331 e. The molecule has 1 unspecified atom stereocenters. The van der Waals surface area contributed by atoms with Crippen LogP contribution in [0.1, 0.15) is 23.6 Å². The topological polar surface area (TPSA) is 83.6 Å². The van der Waals surface area contributed by atoms with E-state index in [2.05, 4.69) is 0 Å². The number of nitrogens with zero attached hydrogens (tertiary/aromatic N) is 1. The van der Waals surface area contributed by atoms with Crippen LogP contribution in [0.3, 0.4) is 0 Å². The normalized spacial score (nSPS) is 19.0. The highest BCUT2D eigenvalue weighted by atomic mass is 32.2. The van der Waals surface area contributed by atoms with Gasteiger partial charge < -0.3 is 15.7 Å². The number of rotatable bonds is 5. The van der Waals surface area contributed by atoms with E-state index < -0.39 is 18.1 Å². The number of fused-ring (bicyclic) bond motifs is 1. The summed E-state index contributed by atoms with van der Waals surface area (Å²) < 4.78 is 0. The average molecular weight is 308 g/mol. The Morgan fingerprint density at radius 2 is 2.19 bits per heavy atom. The first-order chi connectivity index (χ1) is 10.1. The van der Waals surface area contributed by atoms with Crippen molar-refractivity contribution in [2.45, 2.75) is 24.9 Å². The highest BCUT2D eigenvalue weighted by molar-refractivity contribution is 7.98. The number of hydrogen-bond acceptors (Lipinski definition) is 4. The minimum Gasteiger partial charge on any atom is -0.479 e. The zero-order chi connectivity index (χ0) is 15.4. The van der Waals surface area contributed by atoms with Crippen molar-refractivity contribution in [3.8, 4) is 0 Å². The van der Waals surface area contributed by atoms with Crippen LogP contribution in [-0.4, -0.2) is 46.5 Å². The van der Waals surface area contributed by atoms with Crippen LogP contribution < -0.4 is 5.73 Å². The highest BCUT2D eigenvalue weighted by Crippen LogP contribution is 2.30. The minimum atomic E-state index is -1.01. The van der Waals surface area contributed by atoms with Crippen molar-refractivity contribution in [3.05, 3.63) is 35.4 Å². The first kappa shape index (κ1) is 15.9. The highest BCUT2D eigenvalue weighted by Gasteiger charge is 2.37. The van der Waals surface area contributed by atoms with Crippen LogP contribution in [0.2, 0.25) is 0 Å². The molecule has 1 aliphatic heterocycles. The van der Waals surface area contributed by atoms with Crippen molar-refractivity contribution in [1.29, 1.82) is 0 Å². The van der Waals surface area contributed by atoms with E-state index in [4.69, 9.17) is 5.73 Å². The average Bonchev–Trinajstić information content (AvgIpc) is 2.50. The number of carboxylic acids is 1. The third kappa shape index (κ3) is 3.39. The van der Waals surface area contributed by atoms with E-state index in [1.807, 2.05) is 18.4 Å². The van der Waals surface area contributed by atoms with Gasteiger partial charge in [0.2, 0.25) is 5.91 Å². The van der Waals surface area contributed by atoms with E-state index >= 15 is 0 Å². The number of amides is 1. The third-order valence-electron chi connectivity index (χ3n) is 3.75. The molecule has 0 spiro atoms. The number of carboxylic acid groups (broad SMARTS) is 1. The molecule has 3 N–H and O–H groups in total. The van der Waals surface area contributed by atoms with E-state index in [0.29, 0.717) is 24.9 Å². The molecule has 0 fully saturated rings. The molecule has 1 aliphatic rings. The van der Waals surface area contributed by atoms with Crippen LogP contribution in [0.15, 0.2) is 24.3 Å². The summed E-state index contributed by atoms with van der Waals surface area (Å²) in [7, 11) is 0. The van der Waals surface area contributed by atoms with E-state index in [0.717, 1.165) is 11.3 Å². The molecule has 1 heterocycles. The van der Waals surface area contributed by atoms with Gasteiger partial charge in [-0.1, -0.05) is 24.3 Å². The van der Waals surface area contributed by atoms with Gasteiger partial charge in [0, 0.05) is 6.54 Å². The van der Waals surface area contributed by atoms with Crippen LogP contribution in [0, 0.1) is 0 Å². The van der Waals surface area contributed by atoms with Gasteiger partial charge >= 0.3 is 5.97 Å². The van der Waals surface area contributed by atoms with E-state index in [-0.39, 0.29) is 5.91 Å². The Morgan fingerprint density at radius 1 is 1.48 bits per heavy atom. The van der Waals surface area contributed by atoms with Gasteiger partial charge in [0.05, 0.1) is 6.04 Å². The van der Waals surface area contributed by atoms with Crippen LogP contribution in [-0.2, 0) is 16.0 Å². The number of benzene rings is 1. The van der Waals surface area contributed by atoms with Gasteiger partial charge in [-0.15, -0.1) is 0 Å². The molecular formula is C15H20N2O3S. The molecule has 5 nitrogen and oxygen atoms in total. The van der Waals surface area contributed by atoms with Crippen molar-refractivity contribution in [2.75, 3.05) is 18.6 Å². The lowest BCUT2D eigenvalue weighted by molar-refractivity contribution is -0.151. The molecule has 1 aromatic rings.